The average Bonchev–Trinajstić information content (AvgIpc) is 2.92. The SMILES string of the molecule is CCCC(CCC)C(NCC)C1CCOC2(CCSC2)C1. The van der Waals surface area contributed by atoms with Gasteiger partial charge in [0.2, 0.25) is 0 Å². The lowest BCUT2D eigenvalue weighted by atomic mass is 9.74. The van der Waals surface area contributed by atoms with E-state index in [4.69, 9.17) is 4.74 Å². The second-order valence-electron chi connectivity index (χ2n) is 7.01. The average molecular weight is 314 g/mol. The monoisotopic (exact) mass is 313 g/mol. The molecule has 0 radical (unpaired) electrons. The molecule has 0 saturated carbocycles. The first kappa shape index (κ1) is 17.6. The Morgan fingerprint density at radius 1 is 1.24 bits per heavy atom. The highest BCUT2D eigenvalue weighted by atomic mass is 32.2. The molecule has 0 amide bonds. The summed E-state index contributed by atoms with van der Waals surface area (Å²) in [7, 11) is 0. The Hall–Kier alpha value is 0.270. The van der Waals surface area contributed by atoms with E-state index in [1.807, 2.05) is 0 Å². The van der Waals surface area contributed by atoms with Gasteiger partial charge in [0.1, 0.15) is 0 Å². The van der Waals surface area contributed by atoms with E-state index in [1.54, 1.807) is 0 Å². The lowest BCUT2D eigenvalue weighted by Gasteiger charge is -2.43. The number of nitrogens with one attached hydrogen (secondary N) is 1. The van der Waals surface area contributed by atoms with Crippen LogP contribution in [0.5, 0.6) is 0 Å². The van der Waals surface area contributed by atoms with Crippen LogP contribution >= 0.6 is 11.8 Å². The van der Waals surface area contributed by atoms with Crippen LogP contribution in [-0.2, 0) is 4.74 Å². The van der Waals surface area contributed by atoms with Crippen molar-refractivity contribution in [3.05, 3.63) is 0 Å². The molecule has 2 rings (SSSR count). The molecule has 1 spiro atoms. The molecule has 2 heterocycles. The van der Waals surface area contributed by atoms with Gasteiger partial charge in [-0.1, -0.05) is 33.6 Å². The van der Waals surface area contributed by atoms with Crippen molar-refractivity contribution in [3.8, 4) is 0 Å². The first-order valence-electron chi connectivity index (χ1n) is 9.19. The van der Waals surface area contributed by atoms with E-state index in [0.717, 1.165) is 25.0 Å². The minimum atomic E-state index is 0.226. The fraction of sp³-hybridized carbons (Fsp3) is 1.00. The van der Waals surface area contributed by atoms with Crippen LogP contribution in [0.25, 0.3) is 0 Å². The molecule has 0 aromatic carbocycles. The molecular weight excluding hydrogens is 278 g/mol. The lowest BCUT2D eigenvalue weighted by molar-refractivity contribution is -0.0888. The maximum absolute atomic E-state index is 6.24. The molecule has 0 aliphatic carbocycles. The number of hydrogen-bond acceptors (Lipinski definition) is 3. The maximum Gasteiger partial charge on any atom is 0.0783 e. The number of ether oxygens (including phenoxy) is 1. The molecule has 124 valence electrons. The van der Waals surface area contributed by atoms with E-state index in [0.29, 0.717) is 6.04 Å². The van der Waals surface area contributed by atoms with Crippen molar-refractivity contribution in [2.75, 3.05) is 24.7 Å². The topological polar surface area (TPSA) is 21.3 Å². The Bertz CT molecular complexity index is 285. The summed E-state index contributed by atoms with van der Waals surface area (Å²) in [5, 5.41) is 3.87. The zero-order valence-corrected chi connectivity index (χ0v) is 15.1. The summed E-state index contributed by atoms with van der Waals surface area (Å²) in [6.45, 7) is 9.03. The third-order valence-electron chi connectivity index (χ3n) is 5.37. The Morgan fingerprint density at radius 2 is 2.00 bits per heavy atom. The van der Waals surface area contributed by atoms with Gasteiger partial charge in [0.25, 0.3) is 0 Å². The number of thioether (sulfide) groups is 1. The molecule has 0 bridgehead atoms. The van der Waals surface area contributed by atoms with E-state index in [9.17, 15) is 0 Å². The number of hydrogen-bond donors (Lipinski definition) is 1. The molecule has 3 atom stereocenters. The van der Waals surface area contributed by atoms with Crippen LogP contribution in [0.4, 0.5) is 0 Å². The third-order valence-corrected chi connectivity index (χ3v) is 6.60. The summed E-state index contributed by atoms with van der Waals surface area (Å²) in [5.74, 6) is 4.20. The van der Waals surface area contributed by atoms with Gasteiger partial charge in [-0.05, 0) is 56.2 Å². The van der Waals surface area contributed by atoms with Crippen molar-refractivity contribution in [3.63, 3.8) is 0 Å². The molecule has 2 nitrogen and oxygen atoms in total. The van der Waals surface area contributed by atoms with Gasteiger partial charge in [-0.2, -0.15) is 11.8 Å². The molecule has 3 unspecified atom stereocenters. The smallest absolute Gasteiger partial charge is 0.0783 e. The summed E-state index contributed by atoms with van der Waals surface area (Å²) in [6, 6.07) is 0.710. The van der Waals surface area contributed by atoms with E-state index >= 15 is 0 Å². The van der Waals surface area contributed by atoms with Gasteiger partial charge < -0.3 is 10.1 Å². The lowest BCUT2D eigenvalue weighted by Crippen LogP contribution is -2.49. The molecular formula is C18H35NOS. The highest BCUT2D eigenvalue weighted by Crippen LogP contribution is 2.42. The van der Waals surface area contributed by atoms with Crippen molar-refractivity contribution in [2.45, 2.75) is 77.4 Å². The largest absolute Gasteiger partial charge is 0.374 e. The van der Waals surface area contributed by atoms with Crippen LogP contribution in [0.15, 0.2) is 0 Å². The van der Waals surface area contributed by atoms with Crippen LogP contribution in [0, 0.1) is 11.8 Å². The molecule has 0 aromatic heterocycles. The van der Waals surface area contributed by atoms with Crippen molar-refractivity contribution in [1.29, 1.82) is 0 Å². The molecule has 2 saturated heterocycles. The second kappa shape index (κ2) is 8.79. The summed E-state index contributed by atoms with van der Waals surface area (Å²) in [5.41, 5.74) is 0.226. The van der Waals surface area contributed by atoms with Crippen LogP contribution in [0.3, 0.4) is 0 Å². The van der Waals surface area contributed by atoms with Crippen molar-refractivity contribution in [2.24, 2.45) is 11.8 Å². The summed E-state index contributed by atoms with van der Waals surface area (Å²) >= 11 is 2.09. The first-order chi connectivity index (χ1) is 10.2. The van der Waals surface area contributed by atoms with E-state index < -0.39 is 0 Å². The second-order valence-corrected chi connectivity index (χ2v) is 8.11. The fourth-order valence-corrected chi connectivity index (χ4v) is 5.81. The maximum atomic E-state index is 6.24. The Labute approximate surface area is 136 Å². The molecule has 2 aliphatic rings. The van der Waals surface area contributed by atoms with Crippen LogP contribution < -0.4 is 5.32 Å². The quantitative estimate of drug-likeness (QED) is 0.714. The molecule has 2 fully saturated rings. The predicted octanol–water partition coefficient (Wildman–Crippen LogP) is 4.48. The molecule has 0 aromatic rings. The predicted molar refractivity (Wildman–Crippen MR) is 94.1 cm³/mol. The first-order valence-corrected chi connectivity index (χ1v) is 10.3. The molecule has 21 heavy (non-hydrogen) atoms. The minimum Gasteiger partial charge on any atom is -0.374 e. The standard InChI is InChI=1S/C18H35NOS/c1-4-7-15(8-5-2)17(19-6-3)16-9-11-20-18(13-16)10-12-21-14-18/h15-17,19H,4-14H2,1-3H3. The fourth-order valence-electron chi connectivity index (χ4n) is 4.43. The highest BCUT2D eigenvalue weighted by Gasteiger charge is 2.43. The number of rotatable bonds is 8. The molecule has 1 N–H and O–H groups in total. The Balaban J connectivity index is 2.04. The zero-order valence-electron chi connectivity index (χ0n) is 14.3. The Morgan fingerprint density at radius 3 is 2.57 bits per heavy atom. The van der Waals surface area contributed by atoms with Crippen molar-refractivity contribution in [1.82, 2.24) is 5.32 Å². The van der Waals surface area contributed by atoms with Crippen LogP contribution in [-0.4, -0.2) is 36.3 Å². The Kier molecular flexibility index (Phi) is 7.37. The van der Waals surface area contributed by atoms with Gasteiger partial charge in [-0.25, -0.2) is 0 Å². The summed E-state index contributed by atoms with van der Waals surface area (Å²) in [4.78, 5) is 0. The zero-order chi connectivity index (χ0) is 15.1. The van der Waals surface area contributed by atoms with Gasteiger partial charge in [-0.3, -0.25) is 0 Å². The van der Waals surface area contributed by atoms with Crippen LogP contribution in [0.2, 0.25) is 0 Å². The van der Waals surface area contributed by atoms with E-state index in [2.05, 4.69) is 37.8 Å². The molecule has 3 heteroatoms. The molecule has 2 aliphatic heterocycles. The van der Waals surface area contributed by atoms with Gasteiger partial charge in [-0.15, -0.1) is 0 Å². The van der Waals surface area contributed by atoms with Crippen LogP contribution in [0.1, 0.15) is 65.7 Å². The van der Waals surface area contributed by atoms with Gasteiger partial charge in [0.15, 0.2) is 0 Å². The van der Waals surface area contributed by atoms with Gasteiger partial charge >= 0.3 is 0 Å². The van der Waals surface area contributed by atoms with Crippen molar-refractivity contribution < 1.29 is 4.74 Å². The van der Waals surface area contributed by atoms with Gasteiger partial charge in [0, 0.05) is 18.4 Å². The summed E-state index contributed by atoms with van der Waals surface area (Å²) in [6.07, 6.45) is 9.22. The van der Waals surface area contributed by atoms with E-state index in [1.165, 1.54) is 56.5 Å². The highest BCUT2D eigenvalue weighted by molar-refractivity contribution is 7.99. The third kappa shape index (κ3) is 4.62. The van der Waals surface area contributed by atoms with E-state index in [-0.39, 0.29) is 5.60 Å². The van der Waals surface area contributed by atoms with Gasteiger partial charge in [0.05, 0.1) is 5.60 Å². The van der Waals surface area contributed by atoms with Crippen molar-refractivity contribution >= 4 is 11.8 Å². The minimum absolute atomic E-state index is 0.226. The normalized spacial score (nSPS) is 31.1. The summed E-state index contributed by atoms with van der Waals surface area (Å²) < 4.78 is 6.24.